The van der Waals surface area contributed by atoms with Gasteiger partial charge in [-0.1, -0.05) is 30.7 Å². The summed E-state index contributed by atoms with van der Waals surface area (Å²) >= 11 is 5.97. The summed E-state index contributed by atoms with van der Waals surface area (Å²) in [5.41, 5.74) is 0.784. The highest BCUT2D eigenvalue weighted by Crippen LogP contribution is 2.18. The standard InChI is InChI=1S/C25H23ClN8O5/c1-3-17-16(24(36)37)11-27-34(17)18-9-10-20(31-30-18)39-13-19-28-22-21(32(19)4-2)23(35)29-25(38)33(22)12-14-5-7-15(26)8-6-14/h5-11H,3-4,12-13H2,1-2H3,(H,36,37)(H,29,35,38). The van der Waals surface area contributed by atoms with Gasteiger partial charge in [-0.25, -0.2) is 19.3 Å². The summed E-state index contributed by atoms with van der Waals surface area (Å²) in [5.74, 6) is -0.122. The van der Waals surface area contributed by atoms with Crippen LogP contribution in [0.3, 0.4) is 0 Å². The number of aromatic amines is 1. The van der Waals surface area contributed by atoms with Gasteiger partial charge in [-0.2, -0.15) is 5.10 Å². The van der Waals surface area contributed by atoms with Crippen LogP contribution in [0.2, 0.25) is 5.02 Å². The fourth-order valence-electron chi connectivity index (χ4n) is 4.32. The number of hydrogen-bond donors (Lipinski definition) is 2. The van der Waals surface area contributed by atoms with Crippen LogP contribution < -0.4 is 16.0 Å². The van der Waals surface area contributed by atoms with E-state index < -0.39 is 17.2 Å². The van der Waals surface area contributed by atoms with E-state index in [1.165, 1.54) is 15.4 Å². The van der Waals surface area contributed by atoms with Crippen molar-refractivity contribution in [1.82, 2.24) is 39.1 Å². The Balaban J connectivity index is 1.43. The zero-order chi connectivity index (χ0) is 27.7. The molecule has 14 heteroatoms. The second-order valence-corrected chi connectivity index (χ2v) is 8.95. The monoisotopic (exact) mass is 550 g/mol. The molecule has 5 aromatic rings. The molecule has 0 fully saturated rings. The fraction of sp³-hybridized carbons (Fsp3) is 0.240. The molecule has 0 bridgehead atoms. The van der Waals surface area contributed by atoms with Gasteiger partial charge >= 0.3 is 11.7 Å². The Kier molecular flexibility index (Phi) is 6.98. The number of carboxylic acid groups (broad SMARTS) is 1. The first-order valence-electron chi connectivity index (χ1n) is 12.0. The lowest BCUT2D eigenvalue weighted by molar-refractivity contribution is 0.0695. The molecule has 0 unspecified atom stereocenters. The third-order valence-electron chi connectivity index (χ3n) is 6.16. The Hall–Kier alpha value is -4.78. The summed E-state index contributed by atoms with van der Waals surface area (Å²) in [6.07, 6.45) is 1.72. The van der Waals surface area contributed by atoms with E-state index in [1.807, 2.05) is 13.8 Å². The quantitative estimate of drug-likeness (QED) is 0.280. The van der Waals surface area contributed by atoms with E-state index in [1.54, 1.807) is 41.0 Å². The number of H-pyrrole nitrogens is 1. The second kappa shape index (κ2) is 10.5. The summed E-state index contributed by atoms with van der Waals surface area (Å²) in [7, 11) is 0. The molecule has 0 saturated carbocycles. The highest BCUT2D eigenvalue weighted by molar-refractivity contribution is 6.30. The first-order chi connectivity index (χ1) is 18.8. The molecular formula is C25H23ClN8O5. The van der Waals surface area contributed by atoms with Gasteiger partial charge in [-0.05, 0) is 37.1 Å². The second-order valence-electron chi connectivity index (χ2n) is 8.51. The lowest BCUT2D eigenvalue weighted by atomic mass is 10.2. The molecule has 0 aliphatic rings. The number of fused-ring (bicyclic) bond motifs is 1. The average Bonchev–Trinajstić information content (AvgIpc) is 3.53. The van der Waals surface area contributed by atoms with Crippen molar-refractivity contribution >= 4 is 28.7 Å². The van der Waals surface area contributed by atoms with Gasteiger partial charge < -0.3 is 14.4 Å². The molecule has 0 spiro atoms. The van der Waals surface area contributed by atoms with Gasteiger partial charge in [0.25, 0.3) is 5.56 Å². The van der Waals surface area contributed by atoms with Crippen molar-refractivity contribution < 1.29 is 14.6 Å². The van der Waals surface area contributed by atoms with Crippen LogP contribution in [0.1, 0.15) is 41.3 Å². The van der Waals surface area contributed by atoms with Gasteiger partial charge in [-0.3, -0.25) is 14.3 Å². The summed E-state index contributed by atoms with van der Waals surface area (Å²) in [4.78, 5) is 43.8. The molecule has 0 aliphatic carbocycles. The number of hydrogen-bond acceptors (Lipinski definition) is 8. The van der Waals surface area contributed by atoms with Crippen LogP contribution in [-0.2, 0) is 26.1 Å². The van der Waals surface area contributed by atoms with Crippen LogP contribution in [0, 0.1) is 0 Å². The first-order valence-corrected chi connectivity index (χ1v) is 12.4. The first kappa shape index (κ1) is 25.9. The number of carbonyl (C=O) groups is 1. The number of halogens is 1. The molecule has 200 valence electrons. The van der Waals surface area contributed by atoms with Gasteiger partial charge in [0, 0.05) is 17.6 Å². The molecular weight excluding hydrogens is 528 g/mol. The normalized spacial score (nSPS) is 11.3. The van der Waals surface area contributed by atoms with Gasteiger partial charge in [-0.15, -0.1) is 10.2 Å². The maximum atomic E-state index is 12.7. The highest BCUT2D eigenvalue weighted by Gasteiger charge is 2.20. The number of imidazole rings is 1. The highest BCUT2D eigenvalue weighted by atomic mass is 35.5. The Bertz CT molecular complexity index is 1790. The van der Waals surface area contributed by atoms with E-state index in [0.29, 0.717) is 35.3 Å². The van der Waals surface area contributed by atoms with Crippen molar-refractivity contribution in [2.45, 2.75) is 40.0 Å². The third-order valence-corrected chi connectivity index (χ3v) is 6.41. The molecule has 0 aliphatic heterocycles. The maximum absolute atomic E-state index is 12.7. The number of aryl methyl sites for hydroxylation is 1. The zero-order valence-corrected chi connectivity index (χ0v) is 21.7. The van der Waals surface area contributed by atoms with Crippen LogP contribution >= 0.6 is 11.6 Å². The van der Waals surface area contributed by atoms with Gasteiger partial charge in [0.2, 0.25) is 5.88 Å². The summed E-state index contributed by atoms with van der Waals surface area (Å²) in [5, 5.41) is 22.2. The van der Waals surface area contributed by atoms with Crippen molar-refractivity contribution in [2.24, 2.45) is 0 Å². The van der Waals surface area contributed by atoms with Crippen molar-refractivity contribution in [3.63, 3.8) is 0 Å². The molecule has 4 aromatic heterocycles. The maximum Gasteiger partial charge on any atom is 0.339 e. The molecule has 5 rings (SSSR count). The molecule has 1 aromatic carbocycles. The van der Waals surface area contributed by atoms with E-state index in [9.17, 15) is 19.5 Å². The largest absolute Gasteiger partial charge is 0.478 e. The van der Waals surface area contributed by atoms with Gasteiger partial charge in [0.05, 0.1) is 18.4 Å². The number of nitrogens with one attached hydrogen (secondary N) is 1. The molecule has 0 atom stereocenters. The molecule has 13 nitrogen and oxygen atoms in total. The predicted octanol–water partition coefficient (Wildman–Crippen LogP) is 2.42. The number of ether oxygens (including phenoxy) is 1. The number of aromatic carboxylic acids is 1. The molecule has 39 heavy (non-hydrogen) atoms. The fourth-order valence-corrected chi connectivity index (χ4v) is 4.45. The lowest BCUT2D eigenvalue weighted by Gasteiger charge is -2.08. The molecule has 4 heterocycles. The van der Waals surface area contributed by atoms with Crippen molar-refractivity contribution in [2.75, 3.05) is 0 Å². The van der Waals surface area contributed by atoms with E-state index in [4.69, 9.17) is 16.3 Å². The molecule has 2 N–H and O–H groups in total. The Labute approximate surface area is 225 Å². The zero-order valence-electron chi connectivity index (χ0n) is 21.0. The van der Waals surface area contributed by atoms with E-state index in [2.05, 4.69) is 25.3 Å². The van der Waals surface area contributed by atoms with E-state index in [0.717, 1.165) is 5.56 Å². The molecule has 0 saturated heterocycles. The van der Waals surface area contributed by atoms with Gasteiger partial charge in [0.15, 0.2) is 17.0 Å². The molecule has 0 amide bonds. The minimum atomic E-state index is -1.07. The predicted molar refractivity (Wildman–Crippen MR) is 141 cm³/mol. The Morgan fingerprint density at radius 2 is 1.85 bits per heavy atom. The third kappa shape index (κ3) is 4.91. The average molecular weight is 551 g/mol. The number of benzene rings is 1. The topological polar surface area (TPSA) is 163 Å². The summed E-state index contributed by atoms with van der Waals surface area (Å²) < 4.78 is 10.3. The number of rotatable bonds is 9. The smallest absolute Gasteiger partial charge is 0.339 e. The van der Waals surface area contributed by atoms with Crippen LogP contribution in [0.25, 0.3) is 17.0 Å². The number of nitrogens with zero attached hydrogens (tertiary/aromatic N) is 7. The number of carboxylic acids is 1. The van der Waals surface area contributed by atoms with E-state index >= 15 is 0 Å². The lowest BCUT2D eigenvalue weighted by Crippen LogP contribution is -2.31. The van der Waals surface area contributed by atoms with Crippen molar-refractivity contribution in [1.29, 1.82) is 0 Å². The van der Waals surface area contributed by atoms with Crippen molar-refractivity contribution in [3.05, 3.63) is 91.1 Å². The minimum Gasteiger partial charge on any atom is -0.478 e. The van der Waals surface area contributed by atoms with Crippen LogP contribution in [-0.4, -0.2) is 50.2 Å². The number of aromatic nitrogens is 8. The van der Waals surface area contributed by atoms with Gasteiger partial charge in [0.1, 0.15) is 18.0 Å². The Morgan fingerprint density at radius 3 is 2.49 bits per heavy atom. The molecule has 0 radical (unpaired) electrons. The van der Waals surface area contributed by atoms with Crippen LogP contribution in [0.15, 0.2) is 52.2 Å². The van der Waals surface area contributed by atoms with Crippen LogP contribution in [0.4, 0.5) is 0 Å². The summed E-state index contributed by atoms with van der Waals surface area (Å²) in [6.45, 7) is 4.23. The summed E-state index contributed by atoms with van der Waals surface area (Å²) in [6, 6.07) is 10.2. The SMILES string of the molecule is CCc1c(C(=O)O)cnn1-c1ccc(OCc2nc3c(c(=O)[nH]c(=O)n3Cc3ccc(Cl)cc3)n2CC)nn1. The Morgan fingerprint density at radius 1 is 1.08 bits per heavy atom. The van der Waals surface area contributed by atoms with Crippen molar-refractivity contribution in [3.8, 4) is 11.7 Å². The van der Waals surface area contributed by atoms with Crippen LogP contribution in [0.5, 0.6) is 5.88 Å². The minimum absolute atomic E-state index is 0.0454. The van der Waals surface area contributed by atoms with E-state index in [-0.39, 0.29) is 35.8 Å².